The maximum atomic E-state index is 12.6. The Kier molecular flexibility index (Phi) is 4.22. The summed E-state index contributed by atoms with van der Waals surface area (Å²) in [6.07, 6.45) is 5.24. The number of carbonyl (C=O) groups excluding carboxylic acids is 1. The zero-order chi connectivity index (χ0) is 17.1. The highest BCUT2D eigenvalue weighted by Gasteiger charge is 2.20. The molecule has 3 heterocycles. The number of pyridine rings is 1. The largest absolute Gasteiger partial charge is 0.337 e. The molecule has 0 saturated carbocycles. The molecule has 4 heteroatoms. The third kappa shape index (κ3) is 3.41. The number of aromatic nitrogens is 2. The number of amides is 1. The molecular formula is C21H19N3O. The number of rotatable bonds is 1. The molecule has 3 aromatic rings. The SMILES string of the molecule is O=C(c1cc2ccc(C#Cc3ccccc3)cn2n1)N1CCCCC1. The Morgan fingerprint density at radius 2 is 1.68 bits per heavy atom. The van der Waals surface area contributed by atoms with E-state index in [9.17, 15) is 4.79 Å². The number of fused-ring (bicyclic) bond motifs is 1. The first kappa shape index (κ1) is 15.5. The molecule has 0 atom stereocenters. The van der Waals surface area contributed by atoms with Crippen LogP contribution in [0.4, 0.5) is 0 Å². The highest BCUT2D eigenvalue weighted by atomic mass is 16.2. The van der Waals surface area contributed by atoms with Gasteiger partial charge in [0.05, 0.1) is 5.52 Å². The van der Waals surface area contributed by atoms with Gasteiger partial charge in [0.2, 0.25) is 0 Å². The molecule has 2 aromatic heterocycles. The minimum Gasteiger partial charge on any atom is -0.337 e. The fraction of sp³-hybridized carbons (Fsp3) is 0.238. The number of hydrogen-bond acceptors (Lipinski definition) is 2. The van der Waals surface area contributed by atoms with Gasteiger partial charge < -0.3 is 4.90 Å². The summed E-state index contributed by atoms with van der Waals surface area (Å²) in [7, 11) is 0. The van der Waals surface area contributed by atoms with Gasteiger partial charge in [0.25, 0.3) is 5.91 Å². The summed E-state index contributed by atoms with van der Waals surface area (Å²) in [5, 5.41) is 4.46. The molecule has 1 aliphatic rings. The second kappa shape index (κ2) is 6.82. The van der Waals surface area contributed by atoms with Crippen molar-refractivity contribution < 1.29 is 4.79 Å². The Balaban J connectivity index is 1.59. The maximum absolute atomic E-state index is 12.6. The van der Waals surface area contributed by atoms with Crippen LogP contribution in [0.15, 0.2) is 54.7 Å². The van der Waals surface area contributed by atoms with Gasteiger partial charge in [-0.15, -0.1) is 0 Å². The van der Waals surface area contributed by atoms with E-state index in [4.69, 9.17) is 0 Å². The number of nitrogens with zero attached hydrogens (tertiary/aromatic N) is 3. The summed E-state index contributed by atoms with van der Waals surface area (Å²) in [4.78, 5) is 14.5. The molecule has 4 rings (SSSR count). The molecule has 0 spiro atoms. The van der Waals surface area contributed by atoms with Gasteiger partial charge in [0.15, 0.2) is 5.69 Å². The van der Waals surface area contributed by atoms with Crippen LogP contribution in [0.1, 0.15) is 40.9 Å². The first-order valence-corrected chi connectivity index (χ1v) is 8.65. The molecule has 1 amide bonds. The van der Waals surface area contributed by atoms with Gasteiger partial charge in [0.1, 0.15) is 0 Å². The molecule has 1 aromatic carbocycles. The fourth-order valence-electron chi connectivity index (χ4n) is 3.09. The molecule has 0 bridgehead atoms. The Morgan fingerprint density at radius 3 is 2.48 bits per heavy atom. The third-order valence-corrected chi connectivity index (χ3v) is 4.45. The maximum Gasteiger partial charge on any atom is 0.274 e. The second-order valence-corrected chi connectivity index (χ2v) is 6.29. The molecule has 0 unspecified atom stereocenters. The topological polar surface area (TPSA) is 37.6 Å². The van der Waals surface area contributed by atoms with Gasteiger partial charge in [-0.25, -0.2) is 4.52 Å². The zero-order valence-electron chi connectivity index (χ0n) is 14.0. The van der Waals surface area contributed by atoms with Crippen molar-refractivity contribution >= 4 is 11.4 Å². The molecule has 0 radical (unpaired) electrons. The van der Waals surface area contributed by atoms with Gasteiger partial charge in [-0.1, -0.05) is 30.0 Å². The van der Waals surface area contributed by atoms with Crippen molar-refractivity contribution in [3.63, 3.8) is 0 Å². The van der Waals surface area contributed by atoms with Crippen LogP contribution in [0, 0.1) is 11.8 Å². The monoisotopic (exact) mass is 329 g/mol. The lowest BCUT2D eigenvalue weighted by Crippen LogP contribution is -2.35. The lowest BCUT2D eigenvalue weighted by molar-refractivity contribution is 0.0718. The van der Waals surface area contributed by atoms with Crippen LogP contribution in [-0.2, 0) is 0 Å². The summed E-state index contributed by atoms with van der Waals surface area (Å²) < 4.78 is 1.74. The van der Waals surface area contributed by atoms with Crippen molar-refractivity contribution in [3.8, 4) is 11.8 Å². The first-order valence-electron chi connectivity index (χ1n) is 8.65. The van der Waals surface area contributed by atoms with Crippen LogP contribution >= 0.6 is 0 Å². The third-order valence-electron chi connectivity index (χ3n) is 4.45. The average molecular weight is 329 g/mol. The van der Waals surface area contributed by atoms with Crippen LogP contribution in [0.3, 0.4) is 0 Å². The number of hydrogen-bond donors (Lipinski definition) is 0. The zero-order valence-corrected chi connectivity index (χ0v) is 14.0. The normalized spacial score (nSPS) is 14.2. The number of piperidine rings is 1. The molecule has 4 nitrogen and oxygen atoms in total. The number of carbonyl (C=O) groups is 1. The van der Waals surface area contributed by atoms with E-state index in [1.165, 1.54) is 6.42 Å². The van der Waals surface area contributed by atoms with Crippen molar-refractivity contribution in [3.05, 3.63) is 71.5 Å². The minimum absolute atomic E-state index is 0.0281. The first-order chi connectivity index (χ1) is 12.3. The van der Waals surface area contributed by atoms with Crippen LogP contribution in [0.2, 0.25) is 0 Å². The van der Waals surface area contributed by atoms with Crippen LogP contribution in [0.25, 0.3) is 5.52 Å². The summed E-state index contributed by atoms with van der Waals surface area (Å²) >= 11 is 0. The summed E-state index contributed by atoms with van der Waals surface area (Å²) in [5.74, 6) is 6.32. The Bertz CT molecular complexity index is 957. The fourth-order valence-corrected chi connectivity index (χ4v) is 3.09. The van der Waals surface area contributed by atoms with Crippen LogP contribution < -0.4 is 0 Å². The van der Waals surface area contributed by atoms with E-state index in [0.717, 1.165) is 42.6 Å². The quantitative estimate of drug-likeness (QED) is 0.642. The number of likely N-dealkylation sites (tertiary alicyclic amines) is 1. The molecule has 124 valence electrons. The summed E-state index contributed by atoms with van der Waals surface area (Å²) in [6, 6.07) is 15.6. The van der Waals surface area contributed by atoms with E-state index in [-0.39, 0.29) is 5.91 Å². The van der Waals surface area contributed by atoms with Gasteiger partial charge in [-0.2, -0.15) is 5.10 Å². The van der Waals surface area contributed by atoms with Gasteiger partial charge in [0, 0.05) is 30.4 Å². The lowest BCUT2D eigenvalue weighted by atomic mass is 10.1. The van der Waals surface area contributed by atoms with Gasteiger partial charge in [-0.05, 0) is 49.6 Å². The molecule has 1 aliphatic heterocycles. The minimum atomic E-state index is 0.0281. The molecule has 0 N–H and O–H groups in total. The summed E-state index contributed by atoms with van der Waals surface area (Å²) in [6.45, 7) is 1.67. The van der Waals surface area contributed by atoms with E-state index >= 15 is 0 Å². The van der Waals surface area contributed by atoms with E-state index in [1.807, 2.05) is 59.6 Å². The smallest absolute Gasteiger partial charge is 0.274 e. The Labute approximate surface area is 147 Å². The van der Waals surface area contributed by atoms with Crippen molar-refractivity contribution in [2.75, 3.05) is 13.1 Å². The van der Waals surface area contributed by atoms with Crippen molar-refractivity contribution in [1.82, 2.24) is 14.5 Å². The predicted molar refractivity (Wildman–Crippen MR) is 97.4 cm³/mol. The van der Waals surface area contributed by atoms with Crippen LogP contribution in [0.5, 0.6) is 0 Å². The average Bonchev–Trinajstić information content (AvgIpc) is 3.10. The highest BCUT2D eigenvalue weighted by Crippen LogP contribution is 2.14. The Morgan fingerprint density at radius 1 is 0.920 bits per heavy atom. The Hall–Kier alpha value is -3.06. The van der Waals surface area contributed by atoms with Gasteiger partial charge >= 0.3 is 0 Å². The molecule has 1 fully saturated rings. The van der Waals surface area contributed by atoms with E-state index in [2.05, 4.69) is 16.9 Å². The summed E-state index contributed by atoms with van der Waals surface area (Å²) in [5.41, 5.74) is 3.26. The molecular weight excluding hydrogens is 310 g/mol. The van der Waals surface area contributed by atoms with E-state index in [1.54, 1.807) is 4.52 Å². The van der Waals surface area contributed by atoms with Crippen molar-refractivity contribution in [1.29, 1.82) is 0 Å². The second-order valence-electron chi connectivity index (χ2n) is 6.29. The van der Waals surface area contributed by atoms with Gasteiger partial charge in [-0.3, -0.25) is 4.79 Å². The molecule has 1 saturated heterocycles. The standard InChI is InChI=1S/C21H19N3O/c25-21(23-13-5-2-6-14-23)20-15-19-12-11-18(16-24(19)22-20)10-9-17-7-3-1-4-8-17/h1,3-4,7-8,11-12,15-16H,2,5-6,13-14H2. The molecule has 0 aliphatic carbocycles. The predicted octanol–water partition coefficient (Wildman–Crippen LogP) is 3.36. The van der Waals surface area contributed by atoms with Crippen LogP contribution in [-0.4, -0.2) is 33.5 Å². The lowest BCUT2D eigenvalue weighted by Gasteiger charge is -2.25. The molecule has 25 heavy (non-hydrogen) atoms. The highest BCUT2D eigenvalue weighted by molar-refractivity contribution is 5.93. The van der Waals surface area contributed by atoms with Crippen molar-refractivity contribution in [2.24, 2.45) is 0 Å². The van der Waals surface area contributed by atoms with E-state index in [0.29, 0.717) is 5.69 Å². The van der Waals surface area contributed by atoms with Crippen molar-refractivity contribution in [2.45, 2.75) is 19.3 Å². The van der Waals surface area contributed by atoms with E-state index < -0.39 is 0 Å². The number of benzene rings is 1.